The molecule has 96 valence electrons. The van der Waals surface area contributed by atoms with Gasteiger partial charge in [-0.3, -0.25) is 4.40 Å². The van der Waals surface area contributed by atoms with E-state index in [0.717, 1.165) is 16.4 Å². The van der Waals surface area contributed by atoms with Crippen molar-refractivity contribution in [2.45, 2.75) is 24.8 Å². The third-order valence-corrected chi connectivity index (χ3v) is 4.09. The molecule has 0 radical (unpaired) electrons. The number of benzene rings is 1. The summed E-state index contributed by atoms with van der Waals surface area (Å²) in [5.74, 6) is 0.955. The minimum Gasteiger partial charge on any atom is -0.295 e. The number of hydrogen-bond donors (Lipinski definition) is 0. The molecule has 3 rings (SSSR count). The van der Waals surface area contributed by atoms with E-state index in [0.29, 0.717) is 0 Å². The molecule has 0 saturated carbocycles. The van der Waals surface area contributed by atoms with Gasteiger partial charge >= 0.3 is 0 Å². The second-order valence-electron chi connectivity index (χ2n) is 4.82. The van der Waals surface area contributed by atoms with Gasteiger partial charge in [-0.05, 0) is 31.5 Å². The first kappa shape index (κ1) is 12.3. The van der Waals surface area contributed by atoms with E-state index in [1.807, 2.05) is 18.3 Å². The lowest BCUT2D eigenvalue weighted by atomic mass is 10.1. The van der Waals surface area contributed by atoms with Crippen LogP contribution in [0.15, 0.2) is 53.9 Å². The molecule has 0 aliphatic heterocycles. The Morgan fingerprint density at radius 1 is 1.11 bits per heavy atom. The highest BCUT2D eigenvalue weighted by atomic mass is 32.2. The highest BCUT2D eigenvalue weighted by molar-refractivity contribution is 7.98. The van der Waals surface area contributed by atoms with Crippen molar-refractivity contribution in [3.8, 4) is 0 Å². The Kier molecular flexibility index (Phi) is 3.30. The number of thioether (sulfide) groups is 1. The van der Waals surface area contributed by atoms with Crippen LogP contribution >= 0.6 is 11.8 Å². The maximum atomic E-state index is 4.48. The number of imidazole rings is 1. The molecule has 0 aliphatic rings. The van der Waals surface area contributed by atoms with Crippen LogP contribution in [0.4, 0.5) is 0 Å². The standard InChI is InChI=1S/C16H16N2S/c1-12-7-13(2)9-14(8-12)11-19-16-17-10-15-5-3-4-6-18(15)16/h3-10H,11H2,1-2H3. The lowest BCUT2D eigenvalue weighted by molar-refractivity contribution is 0.957. The van der Waals surface area contributed by atoms with E-state index in [1.54, 1.807) is 11.8 Å². The van der Waals surface area contributed by atoms with Gasteiger partial charge in [-0.25, -0.2) is 4.98 Å². The zero-order valence-electron chi connectivity index (χ0n) is 11.1. The van der Waals surface area contributed by atoms with E-state index in [9.17, 15) is 0 Å². The summed E-state index contributed by atoms with van der Waals surface area (Å²) >= 11 is 1.78. The SMILES string of the molecule is Cc1cc(C)cc(CSc2ncc3ccccn23)c1. The topological polar surface area (TPSA) is 17.3 Å². The maximum absolute atomic E-state index is 4.48. The average molecular weight is 268 g/mol. The molecular formula is C16H16N2S. The van der Waals surface area contributed by atoms with E-state index < -0.39 is 0 Å². The molecule has 2 aromatic heterocycles. The van der Waals surface area contributed by atoms with Crippen molar-refractivity contribution in [1.29, 1.82) is 0 Å². The van der Waals surface area contributed by atoms with E-state index in [-0.39, 0.29) is 0 Å². The zero-order chi connectivity index (χ0) is 13.2. The van der Waals surface area contributed by atoms with E-state index in [2.05, 4.69) is 53.7 Å². The summed E-state index contributed by atoms with van der Waals surface area (Å²) in [5, 5.41) is 1.05. The number of aryl methyl sites for hydroxylation is 2. The van der Waals surface area contributed by atoms with Crippen LogP contribution in [0, 0.1) is 13.8 Å². The number of rotatable bonds is 3. The molecule has 0 amide bonds. The third-order valence-electron chi connectivity index (χ3n) is 3.05. The molecule has 0 N–H and O–H groups in total. The molecule has 0 bridgehead atoms. The minimum absolute atomic E-state index is 0.955. The monoisotopic (exact) mass is 268 g/mol. The fourth-order valence-electron chi connectivity index (χ4n) is 2.33. The fourth-order valence-corrected chi connectivity index (χ4v) is 3.22. The first-order chi connectivity index (χ1) is 9.22. The first-order valence-corrected chi connectivity index (χ1v) is 7.33. The predicted octanol–water partition coefficient (Wildman–Crippen LogP) is 4.24. The average Bonchev–Trinajstić information content (AvgIpc) is 2.78. The van der Waals surface area contributed by atoms with Crippen LogP contribution in [0.25, 0.3) is 5.52 Å². The number of nitrogens with zero attached hydrogens (tertiary/aromatic N) is 2. The van der Waals surface area contributed by atoms with E-state index in [4.69, 9.17) is 0 Å². The van der Waals surface area contributed by atoms with Gasteiger partial charge in [-0.2, -0.15) is 0 Å². The Balaban J connectivity index is 1.82. The summed E-state index contributed by atoms with van der Waals surface area (Å²) < 4.78 is 2.13. The van der Waals surface area contributed by atoms with Crippen molar-refractivity contribution in [2.24, 2.45) is 0 Å². The number of hydrogen-bond acceptors (Lipinski definition) is 2. The normalized spacial score (nSPS) is 11.1. The molecular weight excluding hydrogens is 252 g/mol. The van der Waals surface area contributed by atoms with Crippen LogP contribution in [0.2, 0.25) is 0 Å². The van der Waals surface area contributed by atoms with Crippen molar-refractivity contribution in [3.05, 3.63) is 65.5 Å². The molecule has 19 heavy (non-hydrogen) atoms. The molecule has 2 nitrogen and oxygen atoms in total. The molecule has 3 aromatic rings. The van der Waals surface area contributed by atoms with Gasteiger partial charge in [0.05, 0.1) is 11.7 Å². The number of pyridine rings is 1. The van der Waals surface area contributed by atoms with E-state index in [1.165, 1.54) is 16.7 Å². The van der Waals surface area contributed by atoms with Gasteiger partial charge in [-0.1, -0.05) is 47.2 Å². The predicted molar refractivity (Wildman–Crippen MR) is 80.7 cm³/mol. The molecule has 0 fully saturated rings. The van der Waals surface area contributed by atoms with Crippen LogP contribution in [-0.4, -0.2) is 9.38 Å². The molecule has 1 aromatic carbocycles. The van der Waals surface area contributed by atoms with Gasteiger partial charge in [0, 0.05) is 11.9 Å². The summed E-state index contributed by atoms with van der Waals surface area (Å²) in [6.45, 7) is 4.29. The fraction of sp³-hybridized carbons (Fsp3) is 0.188. The Labute approximate surface area is 117 Å². The van der Waals surface area contributed by atoms with Crippen molar-refractivity contribution in [1.82, 2.24) is 9.38 Å². The lowest BCUT2D eigenvalue weighted by Gasteiger charge is -2.04. The van der Waals surface area contributed by atoms with Gasteiger partial charge < -0.3 is 0 Å². The summed E-state index contributed by atoms with van der Waals surface area (Å²) in [4.78, 5) is 4.48. The Hall–Kier alpha value is -1.74. The Bertz CT molecular complexity index is 695. The molecule has 0 aliphatic carbocycles. The van der Waals surface area contributed by atoms with Crippen molar-refractivity contribution in [2.75, 3.05) is 0 Å². The van der Waals surface area contributed by atoms with Gasteiger partial charge in [0.15, 0.2) is 5.16 Å². The summed E-state index contributed by atoms with van der Waals surface area (Å²) in [6.07, 6.45) is 3.98. The van der Waals surface area contributed by atoms with Crippen molar-refractivity contribution < 1.29 is 0 Å². The highest BCUT2D eigenvalue weighted by Gasteiger charge is 2.04. The highest BCUT2D eigenvalue weighted by Crippen LogP contribution is 2.23. The van der Waals surface area contributed by atoms with Gasteiger partial charge in [0.2, 0.25) is 0 Å². The van der Waals surface area contributed by atoms with Crippen LogP contribution < -0.4 is 0 Å². The Morgan fingerprint density at radius 2 is 1.89 bits per heavy atom. The molecule has 0 unspecified atom stereocenters. The van der Waals surface area contributed by atoms with Crippen LogP contribution in [0.1, 0.15) is 16.7 Å². The van der Waals surface area contributed by atoms with Gasteiger partial charge in [-0.15, -0.1) is 0 Å². The first-order valence-electron chi connectivity index (χ1n) is 6.34. The number of fused-ring (bicyclic) bond motifs is 1. The second-order valence-corrected chi connectivity index (χ2v) is 5.76. The lowest BCUT2D eigenvalue weighted by Crippen LogP contribution is -1.89. The quantitative estimate of drug-likeness (QED) is 0.661. The summed E-state index contributed by atoms with van der Waals surface area (Å²) in [6, 6.07) is 12.9. The van der Waals surface area contributed by atoms with Gasteiger partial charge in [0.25, 0.3) is 0 Å². The van der Waals surface area contributed by atoms with E-state index >= 15 is 0 Å². The largest absolute Gasteiger partial charge is 0.295 e. The minimum atomic E-state index is 0.955. The Morgan fingerprint density at radius 3 is 2.68 bits per heavy atom. The molecule has 0 atom stereocenters. The second kappa shape index (κ2) is 5.10. The van der Waals surface area contributed by atoms with Crippen LogP contribution in [0.3, 0.4) is 0 Å². The summed E-state index contributed by atoms with van der Waals surface area (Å²) in [5.41, 5.74) is 5.15. The molecule has 0 saturated heterocycles. The summed E-state index contributed by atoms with van der Waals surface area (Å²) in [7, 11) is 0. The van der Waals surface area contributed by atoms with Crippen LogP contribution in [-0.2, 0) is 5.75 Å². The maximum Gasteiger partial charge on any atom is 0.172 e. The molecule has 2 heterocycles. The zero-order valence-corrected chi connectivity index (χ0v) is 11.9. The molecule has 0 spiro atoms. The van der Waals surface area contributed by atoms with Crippen LogP contribution in [0.5, 0.6) is 0 Å². The smallest absolute Gasteiger partial charge is 0.172 e. The molecule has 3 heteroatoms. The van der Waals surface area contributed by atoms with Gasteiger partial charge in [0.1, 0.15) is 0 Å². The number of aromatic nitrogens is 2. The van der Waals surface area contributed by atoms with Crippen molar-refractivity contribution in [3.63, 3.8) is 0 Å². The third kappa shape index (κ3) is 2.66. The van der Waals surface area contributed by atoms with Crippen molar-refractivity contribution >= 4 is 17.3 Å².